The van der Waals surface area contributed by atoms with Gasteiger partial charge in [0.05, 0.1) is 0 Å². The number of amides is 1. The molecule has 1 unspecified atom stereocenters. The molecule has 2 rings (SSSR count). The SMILES string of the molecule is Cc1ccc(C=CC(=O)N2CCCC2CN)c(C)c1. The number of rotatable bonds is 3. The first kappa shape index (κ1) is 13.8. The van der Waals surface area contributed by atoms with E-state index in [1.54, 1.807) is 6.08 Å². The van der Waals surface area contributed by atoms with Gasteiger partial charge in [0.2, 0.25) is 5.91 Å². The van der Waals surface area contributed by atoms with E-state index in [0.29, 0.717) is 6.54 Å². The minimum Gasteiger partial charge on any atom is -0.335 e. The van der Waals surface area contributed by atoms with Crippen LogP contribution in [-0.2, 0) is 4.79 Å². The quantitative estimate of drug-likeness (QED) is 0.845. The van der Waals surface area contributed by atoms with Crippen LogP contribution in [0.4, 0.5) is 0 Å². The molecule has 102 valence electrons. The topological polar surface area (TPSA) is 46.3 Å². The van der Waals surface area contributed by atoms with Crippen molar-refractivity contribution >= 4 is 12.0 Å². The zero-order chi connectivity index (χ0) is 13.8. The van der Waals surface area contributed by atoms with Gasteiger partial charge in [-0.15, -0.1) is 0 Å². The molecule has 0 bridgehead atoms. The molecule has 1 aliphatic rings. The lowest BCUT2D eigenvalue weighted by Crippen LogP contribution is -2.38. The van der Waals surface area contributed by atoms with Gasteiger partial charge in [0.15, 0.2) is 0 Å². The third-order valence-corrected chi connectivity index (χ3v) is 3.76. The van der Waals surface area contributed by atoms with Crippen molar-refractivity contribution in [2.24, 2.45) is 5.73 Å². The number of nitrogens with two attached hydrogens (primary N) is 1. The van der Waals surface area contributed by atoms with Crippen molar-refractivity contribution in [3.05, 3.63) is 41.0 Å². The van der Waals surface area contributed by atoms with Crippen LogP contribution in [0.3, 0.4) is 0 Å². The summed E-state index contributed by atoms with van der Waals surface area (Å²) in [5.74, 6) is 0.0768. The molecule has 19 heavy (non-hydrogen) atoms. The van der Waals surface area contributed by atoms with Crippen LogP contribution in [0.5, 0.6) is 0 Å². The van der Waals surface area contributed by atoms with Crippen molar-refractivity contribution in [1.82, 2.24) is 4.90 Å². The predicted molar refractivity (Wildman–Crippen MR) is 78.7 cm³/mol. The average molecular weight is 258 g/mol. The Labute approximate surface area is 115 Å². The number of hydrogen-bond donors (Lipinski definition) is 1. The van der Waals surface area contributed by atoms with E-state index < -0.39 is 0 Å². The third kappa shape index (κ3) is 3.24. The highest BCUT2D eigenvalue weighted by atomic mass is 16.2. The van der Waals surface area contributed by atoms with Crippen LogP contribution in [0.2, 0.25) is 0 Å². The molecule has 1 atom stereocenters. The van der Waals surface area contributed by atoms with Gasteiger partial charge in [-0.05, 0) is 43.9 Å². The number of nitrogens with zero attached hydrogens (tertiary/aromatic N) is 1. The highest BCUT2D eigenvalue weighted by Gasteiger charge is 2.25. The minimum atomic E-state index is 0.0768. The Bertz CT molecular complexity index is 494. The Balaban J connectivity index is 2.07. The fraction of sp³-hybridized carbons (Fsp3) is 0.438. The van der Waals surface area contributed by atoms with E-state index in [0.717, 1.165) is 24.9 Å². The standard InChI is InChI=1S/C16H22N2O/c1-12-5-6-14(13(2)10-12)7-8-16(19)18-9-3-4-15(18)11-17/h5-8,10,15H,3-4,9,11,17H2,1-2H3. The molecule has 1 amide bonds. The normalized spacial score (nSPS) is 19.3. The summed E-state index contributed by atoms with van der Waals surface area (Å²) < 4.78 is 0. The van der Waals surface area contributed by atoms with Crippen molar-refractivity contribution in [3.8, 4) is 0 Å². The number of carbonyl (C=O) groups excluding carboxylic acids is 1. The summed E-state index contributed by atoms with van der Waals surface area (Å²) in [5, 5.41) is 0. The molecule has 1 aromatic carbocycles. The fourth-order valence-corrected chi connectivity index (χ4v) is 2.64. The number of aryl methyl sites for hydroxylation is 2. The fourth-order valence-electron chi connectivity index (χ4n) is 2.64. The van der Waals surface area contributed by atoms with Crippen molar-refractivity contribution in [2.45, 2.75) is 32.7 Å². The van der Waals surface area contributed by atoms with Crippen molar-refractivity contribution in [2.75, 3.05) is 13.1 Å². The van der Waals surface area contributed by atoms with Gasteiger partial charge in [0, 0.05) is 25.2 Å². The summed E-state index contributed by atoms with van der Waals surface area (Å²) >= 11 is 0. The summed E-state index contributed by atoms with van der Waals surface area (Å²) in [6.45, 7) is 5.53. The molecule has 2 N–H and O–H groups in total. The molecule has 3 nitrogen and oxygen atoms in total. The van der Waals surface area contributed by atoms with Crippen LogP contribution in [0.15, 0.2) is 24.3 Å². The summed E-state index contributed by atoms with van der Waals surface area (Å²) in [4.78, 5) is 14.0. The highest BCUT2D eigenvalue weighted by molar-refractivity contribution is 5.92. The lowest BCUT2D eigenvalue weighted by Gasteiger charge is -2.21. The van der Waals surface area contributed by atoms with Gasteiger partial charge >= 0.3 is 0 Å². The molecule has 0 radical (unpaired) electrons. The van der Waals surface area contributed by atoms with E-state index in [4.69, 9.17) is 5.73 Å². The van der Waals surface area contributed by atoms with E-state index in [1.807, 2.05) is 11.0 Å². The maximum atomic E-state index is 12.1. The smallest absolute Gasteiger partial charge is 0.246 e. The van der Waals surface area contributed by atoms with E-state index >= 15 is 0 Å². The van der Waals surface area contributed by atoms with Crippen LogP contribution >= 0.6 is 0 Å². The molecular weight excluding hydrogens is 236 g/mol. The average Bonchev–Trinajstić information content (AvgIpc) is 2.85. The Morgan fingerprint density at radius 1 is 1.47 bits per heavy atom. The van der Waals surface area contributed by atoms with Gasteiger partial charge in [0.1, 0.15) is 0 Å². The van der Waals surface area contributed by atoms with Crippen LogP contribution in [0.1, 0.15) is 29.5 Å². The second-order valence-electron chi connectivity index (χ2n) is 5.26. The lowest BCUT2D eigenvalue weighted by atomic mass is 10.1. The Kier molecular flexibility index (Phi) is 4.38. The first-order chi connectivity index (χ1) is 9.11. The Morgan fingerprint density at radius 2 is 2.26 bits per heavy atom. The lowest BCUT2D eigenvalue weighted by molar-refractivity contribution is -0.126. The second-order valence-corrected chi connectivity index (χ2v) is 5.26. The molecule has 1 heterocycles. The molecule has 3 heteroatoms. The second kappa shape index (κ2) is 6.02. The van der Waals surface area contributed by atoms with Gasteiger partial charge in [-0.25, -0.2) is 0 Å². The van der Waals surface area contributed by atoms with E-state index in [-0.39, 0.29) is 11.9 Å². The van der Waals surface area contributed by atoms with Crippen molar-refractivity contribution in [1.29, 1.82) is 0 Å². The molecule has 0 aliphatic carbocycles. The number of carbonyl (C=O) groups is 1. The molecule has 1 aromatic rings. The minimum absolute atomic E-state index is 0.0768. The maximum absolute atomic E-state index is 12.1. The largest absolute Gasteiger partial charge is 0.335 e. The summed E-state index contributed by atoms with van der Waals surface area (Å²) in [5.41, 5.74) is 9.23. The van der Waals surface area contributed by atoms with E-state index in [9.17, 15) is 4.79 Å². The van der Waals surface area contributed by atoms with Crippen molar-refractivity contribution < 1.29 is 4.79 Å². The van der Waals surface area contributed by atoms with Crippen LogP contribution in [0.25, 0.3) is 6.08 Å². The molecule has 1 saturated heterocycles. The van der Waals surface area contributed by atoms with Gasteiger partial charge < -0.3 is 10.6 Å². The summed E-state index contributed by atoms with van der Waals surface area (Å²) in [6.07, 6.45) is 5.67. The zero-order valence-electron chi connectivity index (χ0n) is 11.7. The van der Waals surface area contributed by atoms with Crippen LogP contribution in [0, 0.1) is 13.8 Å². The van der Waals surface area contributed by atoms with Gasteiger partial charge in [-0.2, -0.15) is 0 Å². The zero-order valence-corrected chi connectivity index (χ0v) is 11.7. The van der Waals surface area contributed by atoms with Crippen LogP contribution in [-0.4, -0.2) is 29.9 Å². The van der Waals surface area contributed by atoms with Crippen molar-refractivity contribution in [3.63, 3.8) is 0 Å². The third-order valence-electron chi connectivity index (χ3n) is 3.76. The molecule has 0 aromatic heterocycles. The van der Waals surface area contributed by atoms with E-state index in [2.05, 4.69) is 32.0 Å². The molecule has 0 spiro atoms. The molecule has 0 saturated carbocycles. The van der Waals surface area contributed by atoms with Gasteiger partial charge in [-0.3, -0.25) is 4.79 Å². The maximum Gasteiger partial charge on any atom is 0.246 e. The van der Waals surface area contributed by atoms with Gasteiger partial charge in [0.25, 0.3) is 0 Å². The number of hydrogen-bond acceptors (Lipinski definition) is 2. The Hall–Kier alpha value is -1.61. The first-order valence-corrected chi connectivity index (χ1v) is 6.88. The monoisotopic (exact) mass is 258 g/mol. The number of benzene rings is 1. The van der Waals surface area contributed by atoms with Gasteiger partial charge in [-0.1, -0.05) is 23.8 Å². The van der Waals surface area contributed by atoms with Crippen LogP contribution < -0.4 is 5.73 Å². The highest BCUT2D eigenvalue weighted by Crippen LogP contribution is 2.17. The predicted octanol–water partition coefficient (Wildman–Crippen LogP) is 2.27. The summed E-state index contributed by atoms with van der Waals surface area (Å²) in [6, 6.07) is 6.47. The molecule has 1 aliphatic heterocycles. The molecular formula is C16H22N2O. The first-order valence-electron chi connectivity index (χ1n) is 6.88. The molecule has 1 fully saturated rings. The summed E-state index contributed by atoms with van der Waals surface area (Å²) in [7, 11) is 0. The Morgan fingerprint density at radius 3 is 2.95 bits per heavy atom. The number of likely N-dealkylation sites (tertiary alicyclic amines) is 1. The van der Waals surface area contributed by atoms with E-state index in [1.165, 1.54) is 11.1 Å².